The second-order valence-electron chi connectivity index (χ2n) is 14.4. The molecule has 0 amide bonds. The fourth-order valence-electron chi connectivity index (χ4n) is 6.63. The third kappa shape index (κ3) is 8.37. The van der Waals surface area contributed by atoms with Crippen LogP contribution in [0.5, 0.6) is 0 Å². The van der Waals surface area contributed by atoms with Crippen molar-refractivity contribution in [3.63, 3.8) is 0 Å². The van der Waals surface area contributed by atoms with Gasteiger partial charge in [0.1, 0.15) is 5.58 Å². The summed E-state index contributed by atoms with van der Waals surface area (Å²) >= 11 is 0. The molecule has 0 fully saturated rings. The van der Waals surface area contributed by atoms with Crippen molar-refractivity contribution < 1.29 is 27.3 Å². The monoisotopic (exact) mass is 885 g/mol. The Labute approximate surface area is 332 Å². The van der Waals surface area contributed by atoms with E-state index in [0.717, 1.165) is 66.6 Å². The van der Waals surface area contributed by atoms with Crippen molar-refractivity contribution >= 4 is 35.2 Å². The predicted octanol–water partition coefficient (Wildman–Crippen LogP) is 12.9. The Balaban J connectivity index is 0.000000184. The van der Waals surface area contributed by atoms with Crippen LogP contribution in [0.25, 0.3) is 55.4 Å². The van der Waals surface area contributed by atoms with Gasteiger partial charge in [-0.25, -0.2) is 5.56 Å². The first-order valence-corrected chi connectivity index (χ1v) is 21.3. The van der Waals surface area contributed by atoms with Gasteiger partial charge in [0.05, 0.1) is 8.07 Å². The van der Waals surface area contributed by atoms with Gasteiger partial charge in [-0.3, -0.25) is 0 Å². The van der Waals surface area contributed by atoms with Crippen molar-refractivity contribution in [3.05, 3.63) is 181 Å². The van der Waals surface area contributed by atoms with Crippen LogP contribution in [0, 0.1) is 18.2 Å². The summed E-state index contributed by atoms with van der Waals surface area (Å²) in [4.78, 5) is 4.74. The number of para-hydroxylation sites is 1. The molecule has 1 atom stereocenters. The van der Waals surface area contributed by atoms with Gasteiger partial charge < -0.3 is 9.40 Å². The molecule has 0 N–H and O–H groups in total. The standard InChI is InChI=1S/C26H18O.C23H26NSi.Ir/c1-18(19-9-3-2-4-10-19)20-11-7-12-21(17-20)22-14-8-15-24-23-13-5-6-16-25(23)27-26(22)24;1-17(2)21-15-22(24-16-23(21)25(3,4)5)20-13-9-12-19(14-20)18-10-7-6-8-11-18;/h2-11,13,15-18H,1H3;6-12,14-17H,1-5H3;/q-2;-1;+3/i18D;17D;. The molecule has 8 rings (SSSR count). The number of hydrogen-bond donors (Lipinski definition) is 0. The fourth-order valence-corrected chi connectivity index (χ4v) is 8.21. The summed E-state index contributed by atoms with van der Waals surface area (Å²) in [5, 5.41) is 3.43. The van der Waals surface area contributed by atoms with Crippen LogP contribution in [-0.2, 0) is 20.1 Å². The zero-order valence-electron chi connectivity index (χ0n) is 33.0. The molecular weight excluding hydrogens is 839 g/mol. The van der Waals surface area contributed by atoms with E-state index in [4.69, 9.17) is 12.1 Å². The Morgan fingerprint density at radius 1 is 0.642 bits per heavy atom. The summed E-state index contributed by atoms with van der Waals surface area (Å²) < 4.78 is 23.7. The van der Waals surface area contributed by atoms with E-state index in [0.29, 0.717) is 0 Å². The molecule has 8 aromatic rings. The average molecular weight is 885 g/mol. The Bertz CT molecular complexity index is 2550. The van der Waals surface area contributed by atoms with Crippen LogP contribution < -0.4 is 5.19 Å². The van der Waals surface area contributed by atoms with Gasteiger partial charge in [-0.1, -0.05) is 136 Å². The van der Waals surface area contributed by atoms with Crippen molar-refractivity contribution in [2.24, 2.45) is 0 Å². The minimum absolute atomic E-state index is 0. The summed E-state index contributed by atoms with van der Waals surface area (Å²) in [5.74, 6) is -1.50. The third-order valence-electron chi connectivity index (χ3n) is 9.48. The normalized spacial score (nSPS) is 13.2. The van der Waals surface area contributed by atoms with Gasteiger partial charge in [0, 0.05) is 19.9 Å². The van der Waals surface area contributed by atoms with E-state index in [-0.39, 0.29) is 20.1 Å². The maximum atomic E-state index is 8.97. The van der Waals surface area contributed by atoms with E-state index in [9.17, 15) is 0 Å². The SMILES string of the molecule is [2H]C(C)(C)c1cc(-c2[c-]ccc(-c3ccccc3)c2)ncc1[Si](C)(C)C.[2H]C(C)(c1ccccc1)c1cc[c-]c(-c2[c-]ccc3c2oc2ccccc23)c1.[Ir+3]. The van der Waals surface area contributed by atoms with Crippen LogP contribution in [0.3, 0.4) is 0 Å². The summed E-state index contributed by atoms with van der Waals surface area (Å²) in [5.41, 5.74) is 10.6. The van der Waals surface area contributed by atoms with E-state index in [1.807, 2.05) is 130 Å². The van der Waals surface area contributed by atoms with E-state index in [2.05, 4.69) is 74.2 Å². The molecule has 53 heavy (non-hydrogen) atoms. The topological polar surface area (TPSA) is 26.0 Å². The van der Waals surface area contributed by atoms with Gasteiger partial charge in [-0.15, -0.1) is 53.1 Å². The van der Waals surface area contributed by atoms with Gasteiger partial charge in [0.25, 0.3) is 0 Å². The minimum Gasteiger partial charge on any atom is -0.510 e. The van der Waals surface area contributed by atoms with E-state index in [1.54, 1.807) is 0 Å². The van der Waals surface area contributed by atoms with Gasteiger partial charge >= 0.3 is 20.1 Å². The van der Waals surface area contributed by atoms with E-state index < -0.39 is 19.9 Å². The average Bonchev–Trinajstić information content (AvgIpc) is 3.57. The number of aromatic nitrogens is 1. The molecule has 2 heterocycles. The van der Waals surface area contributed by atoms with Crippen molar-refractivity contribution in [3.8, 4) is 33.5 Å². The molecule has 1 unspecified atom stereocenters. The Morgan fingerprint density at radius 2 is 1.30 bits per heavy atom. The quantitative estimate of drug-likeness (QED) is 0.118. The van der Waals surface area contributed by atoms with Crippen LogP contribution in [0.15, 0.2) is 150 Å². The predicted molar refractivity (Wildman–Crippen MR) is 222 cm³/mol. The van der Waals surface area contributed by atoms with Crippen molar-refractivity contribution in [1.29, 1.82) is 0 Å². The first-order chi connectivity index (χ1) is 25.8. The maximum Gasteiger partial charge on any atom is 3.00 e. The molecule has 4 heteroatoms. The Kier molecular flexibility index (Phi) is 10.9. The van der Waals surface area contributed by atoms with Crippen molar-refractivity contribution in [2.75, 3.05) is 0 Å². The van der Waals surface area contributed by atoms with Crippen molar-refractivity contribution in [2.45, 2.75) is 52.2 Å². The number of benzene rings is 6. The third-order valence-corrected chi connectivity index (χ3v) is 11.5. The molecule has 0 saturated heterocycles. The molecule has 0 spiro atoms. The number of rotatable bonds is 7. The van der Waals surface area contributed by atoms with Crippen LogP contribution in [0.4, 0.5) is 0 Å². The molecule has 0 aliphatic carbocycles. The van der Waals surface area contributed by atoms with Gasteiger partial charge in [0.15, 0.2) is 0 Å². The van der Waals surface area contributed by atoms with Crippen LogP contribution in [0.1, 0.15) is 52.0 Å². The first-order valence-electron chi connectivity index (χ1n) is 18.8. The fraction of sp³-hybridized carbons (Fsp3) is 0.163. The first kappa shape index (κ1) is 35.2. The zero-order chi connectivity index (χ0) is 38.1. The van der Waals surface area contributed by atoms with Crippen LogP contribution in [-0.4, -0.2) is 13.1 Å². The number of hydrogen-bond acceptors (Lipinski definition) is 2. The molecule has 0 aliphatic heterocycles. The second kappa shape index (κ2) is 16.4. The maximum absolute atomic E-state index is 8.97. The number of pyridine rings is 1. The van der Waals surface area contributed by atoms with E-state index in [1.165, 1.54) is 10.8 Å². The second-order valence-corrected chi connectivity index (χ2v) is 19.4. The zero-order valence-corrected chi connectivity index (χ0v) is 34.4. The number of furan rings is 1. The van der Waals surface area contributed by atoms with E-state index >= 15 is 0 Å². The summed E-state index contributed by atoms with van der Waals surface area (Å²) in [6, 6.07) is 56.4. The summed E-state index contributed by atoms with van der Waals surface area (Å²) in [7, 11) is -1.57. The molecular formula is C49H44IrNOSi. The van der Waals surface area contributed by atoms with Gasteiger partial charge in [0.2, 0.25) is 0 Å². The summed E-state index contributed by atoms with van der Waals surface area (Å²) in [6.45, 7) is 12.8. The Morgan fingerprint density at radius 3 is 2.04 bits per heavy atom. The number of fused-ring (bicyclic) bond motifs is 3. The molecule has 264 valence electrons. The molecule has 0 saturated carbocycles. The minimum atomic E-state index is -1.57. The number of nitrogens with zero attached hydrogens (tertiary/aromatic N) is 1. The molecule has 2 aromatic heterocycles. The van der Waals surface area contributed by atoms with Crippen LogP contribution >= 0.6 is 0 Å². The molecule has 2 nitrogen and oxygen atoms in total. The van der Waals surface area contributed by atoms with Gasteiger partial charge in [-0.05, 0) is 39.9 Å². The molecule has 0 radical (unpaired) electrons. The van der Waals surface area contributed by atoms with Crippen molar-refractivity contribution in [1.82, 2.24) is 4.98 Å². The Hall–Kier alpha value is -4.86. The smallest absolute Gasteiger partial charge is 0.510 e. The largest absolute Gasteiger partial charge is 3.00 e. The van der Waals surface area contributed by atoms with Gasteiger partial charge in [-0.2, -0.15) is 35.9 Å². The van der Waals surface area contributed by atoms with Crippen LogP contribution in [0.2, 0.25) is 19.6 Å². The molecule has 0 aliphatic rings. The molecule has 6 aromatic carbocycles. The summed E-state index contributed by atoms with van der Waals surface area (Å²) in [6.07, 6.45) is 2.00. The molecule has 0 bridgehead atoms.